The molecule has 0 aromatic heterocycles. The van der Waals surface area contributed by atoms with Gasteiger partial charge in [-0.3, -0.25) is 18.9 Å². The third-order valence-electron chi connectivity index (χ3n) is 6.10. The molecule has 1 aliphatic heterocycles. The molecule has 0 bridgehead atoms. The number of esters is 1. The Kier molecular flexibility index (Phi) is 10.4. The molecule has 1 saturated heterocycles. The largest absolute Gasteiger partial charge is 0.445 e. The summed E-state index contributed by atoms with van der Waals surface area (Å²) >= 11 is 0. The van der Waals surface area contributed by atoms with Gasteiger partial charge in [-0.15, -0.1) is 0 Å². The SMILES string of the molecule is [2H]c1c([2H])c([2H])c(COC(=O)N[C@@H](CC(C)C)C(=O)N[C@@H](C[C@@H]2CCNC2=O)C(OC(=O)CCCCC)S(=O)(=O)O)c([2H])c1[2H]. The highest BCUT2D eigenvalue weighted by Gasteiger charge is 2.41. The van der Waals surface area contributed by atoms with E-state index >= 15 is 0 Å². The molecule has 4 atom stereocenters. The molecule has 1 heterocycles. The lowest BCUT2D eigenvalue weighted by Gasteiger charge is -2.29. The first kappa shape index (κ1) is 25.8. The highest BCUT2D eigenvalue weighted by molar-refractivity contribution is 7.86. The van der Waals surface area contributed by atoms with E-state index in [9.17, 15) is 32.1 Å². The van der Waals surface area contributed by atoms with Crippen LogP contribution in [0.2, 0.25) is 0 Å². The second kappa shape index (κ2) is 16.2. The molecule has 40 heavy (non-hydrogen) atoms. The lowest BCUT2D eigenvalue weighted by Crippen LogP contribution is -2.55. The number of benzene rings is 1. The van der Waals surface area contributed by atoms with E-state index in [1.165, 1.54) is 0 Å². The number of alkyl carbamates (subject to hydrolysis) is 1. The minimum Gasteiger partial charge on any atom is -0.445 e. The molecule has 1 aliphatic rings. The third-order valence-corrected chi connectivity index (χ3v) is 7.11. The maximum absolute atomic E-state index is 13.5. The maximum atomic E-state index is 13.5. The first-order valence-electron chi connectivity index (χ1n) is 15.7. The zero-order chi connectivity index (χ0) is 34.1. The van der Waals surface area contributed by atoms with Gasteiger partial charge in [-0.1, -0.05) is 63.8 Å². The molecular formula is C27H41N3O9S. The van der Waals surface area contributed by atoms with Crippen LogP contribution in [-0.2, 0) is 40.6 Å². The highest BCUT2D eigenvalue weighted by atomic mass is 32.2. The van der Waals surface area contributed by atoms with Crippen molar-refractivity contribution in [2.45, 2.75) is 89.8 Å². The first-order valence-corrected chi connectivity index (χ1v) is 14.7. The lowest BCUT2D eigenvalue weighted by molar-refractivity contribution is -0.148. The molecule has 0 radical (unpaired) electrons. The number of nitrogens with one attached hydrogen (secondary N) is 3. The summed E-state index contributed by atoms with van der Waals surface area (Å²) in [7, 11) is -5.10. The zero-order valence-corrected chi connectivity index (χ0v) is 23.7. The molecule has 4 N–H and O–H groups in total. The Morgan fingerprint density at radius 2 is 1.88 bits per heavy atom. The normalized spacial score (nSPS) is 19.2. The van der Waals surface area contributed by atoms with Gasteiger partial charge in [0.15, 0.2) is 0 Å². The molecule has 13 heteroatoms. The number of amides is 3. The highest BCUT2D eigenvalue weighted by Crippen LogP contribution is 2.22. The molecule has 1 fully saturated rings. The van der Waals surface area contributed by atoms with Crippen LogP contribution in [0, 0.1) is 11.8 Å². The van der Waals surface area contributed by atoms with Crippen LogP contribution < -0.4 is 16.0 Å². The topological polar surface area (TPSA) is 177 Å². The quantitative estimate of drug-likeness (QED) is 0.128. The molecule has 1 aromatic rings. The smallest absolute Gasteiger partial charge is 0.408 e. The number of carbonyl (C=O) groups excluding carboxylic acids is 4. The van der Waals surface area contributed by atoms with Crippen LogP contribution in [0.4, 0.5) is 4.79 Å². The lowest BCUT2D eigenvalue weighted by atomic mass is 9.97. The van der Waals surface area contributed by atoms with Gasteiger partial charge in [0, 0.05) is 18.9 Å². The monoisotopic (exact) mass is 588 g/mol. The van der Waals surface area contributed by atoms with Gasteiger partial charge in [-0.2, -0.15) is 8.42 Å². The van der Waals surface area contributed by atoms with E-state index < -0.39 is 94.3 Å². The van der Waals surface area contributed by atoms with E-state index in [-0.39, 0.29) is 30.7 Å². The molecule has 1 aromatic carbocycles. The van der Waals surface area contributed by atoms with E-state index in [1.54, 1.807) is 13.8 Å². The van der Waals surface area contributed by atoms with Crippen molar-refractivity contribution in [2.24, 2.45) is 11.8 Å². The van der Waals surface area contributed by atoms with Crippen molar-refractivity contribution in [1.82, 2.24) is 16.0 Å². The van der Waals surface area contributed by atoms with Gasteiger partial charge in [0.1, 0.15) is 12.6 Å². The first-order chi connectivity index (χ1) is 21.0. The Morgan fingerprint density at radius 3 is 2.45 bits per heavy atom. The maximum Gasteiger partial charge on any atom is 0.408 e. The van der Waals surface area contributed by atoms with Crippen LogP contribution in [0.1, 0.15) is 78.1 Å². The summed E-state index contributed by atoms with van der Waals surface area (Å²) < 4.78 is 84.2. The Morgan fingerprint density at radius 1 is 1.18 bits per heavy atom. The van der Waals surface area contributed by atoms with Crippen LogP contribution >= 0.6 is 0 Å². The summed E-state index contributed by atoms with van der Waals surface area (Å²) in [6.45, 7) is 4.96. The van der Waals surface area contributed by atoms with Gasteiger partial charge in [-0.05, 0) is 37.2 Å². The molecule has 224 valence electrons. The van der Waals surface area contributed by atoms with E-state index in [0.717, 1.165) is 6.42 Å². The van der Waals surface area contributed by atoms with Crippen molar-refractivity contribution in [3.8, 4) is 0 Å². The van der Waals surface area contributed by atoms with E-state index in [1.807, 2.05) is 6.92 Å². The van der Waals surface area contributed by atoms with Crippen LogP contribution in [0.3, 0.4) is 0 Å². The van der Waals surface area contributed by atoms with Crippen molar-refractivity contribution >= 4 is 34.0 Å². The van der Waals surface area contributed by atoms with Gasteiger partial charge in [0.25, 0.3) is 0 Å². The number of rotatable bonds is 16. The minimum atomic E-state index is -5.10. The molecule has 0 saturated carbocycles. The number of unbranched alkanes of at least 4 members (excludes halogenated alkanes) is 2. The summed E-state index contributed by atoms with van der Waals surface area (Å²) in [6, 6.07) is -5.91. The van der Waals surface area contributed by atoms with Crippen LogP contribution in [-0.4, -0.2) is 60.9 Å². The molecule has 3 amide bonds. The van der Waals surface area contributed by atoms with Crippen molar-refractivity contribution in [1.29, 1.82) is 0 Å². The molecule has 0 aliphatic carbocycles. The molecule has 1 unspecified atom stereocenters. The van der Waals surface area contributed by atoms with Crippen molar-refractivity contribution in [2.75, 3.05) is 6.54 Å². The van der Waals surface area contributed by atoms with E-state index in [0.29, 0.717) is 25.8 Å². The summed E-state index contributed by atoms with van der Waals surface area (Å²) in [5, 5.41) is 7.36. The summed E-state index contributed by atoms with van der Waals surface area (Å²) in [5.74, 6) is -3.23. The summed E-state index contributed by atoms with van der Waals surface area (Å²) in [4.78, 5) is 51.0. The van der Waals surface area contributed by atoms with E-state index in [2.05, 4.69) is 16.0 Å². The second-order valence-corrected chi connectivity index (χ2v) is 11.5. The number of hydrogen-bond acceptors (Lipinski definition) is 8. The predicted molar refractivity (Wildman–Crippen MR) is 146 cm³/mol. The van der Waals surface area contributed by atoms with Crippen LogP contribution in [0.15, 0.2) is 30.2 Å². The van der Waals surface area contributed by atoms with Crippen molar-refractivity contribution in [3.05, 3.63) is 35.8 Å². The van der Waals surface area contributed by atoms with Crippen molar-refractivity contribution in [3.63, 3.8) is 0 Å². The molecule has 0 spiro atoms. The minimum absolute atomic E-state index is 0.0135. The second-order valence-electron chi connectivity index (χ2n) is 9.96. The summed E-state index contributed by atoms with van der Waals surface area (Å²) in [6.07, 6.45) is 0.539. The Bertz CT molecular complexity index is 1330. The van der Waals surface area contributed by atoms with Gasteiger partial charge < -0.3 is 25.4 Å². The van der Waals surface area contributed by atoms with Crippen LogP contribution in [0.25, 0.3) is 0 Å². The summed E-state index contributed by atoms with van der Waals surface area (Å²) in [5.41, 5.74) is -2.52. The number of hydrogen-bond donors (Lipinski definition) is 4. The van der Waals surface area contributed by atoms with Crippen molar-refractivity contribution < 1.29 is 48.5 Å². The zero-order valence-electron chi connectivity index (χ0n) is 27.9. The Labute approximate surface area is 242 Å². The predicted octanol–water partition coefficient (Wildman–Crippen LogP) is 2.68. The van der Waals surface area contributed by atoms with Gasteiger partial charge in [0.2, 0.25) is 17.3 Å². The average Bonchev–Trinajstić information content (AvgIpc) is 3.36. The Balaban J connectivity index is 2.29. The number of carbonyl (C=O) groups is 4. The van der Waals surface area contributed by atoms with E-state index in [4.69, 9.17) is 16.3 Å². The Hall–Kier alpha value is -3.19. The fourth-order valence-corrected chi connectivity index (χ4v) is 4.95. The number of ether oxygens (including phenoxy) is 2. The standard InChI is InChI=1S/C27H41N3O9S/c1-4-5-7-12-23(31)39-26(40(35,36)37)22(16-20-13-14-28-24(20)32)29-25(33)21(15-18(2)3)30-27(34)38-17-19-10-8-6-9-11-19/h6,8-11,18,20-22,26H,4-5,7,12-17H2,1-3H3,(H,28,32)(H,29,33)(H,30,34)(H,35,36,37)/t20-,21-,22-,26?/m0/s1/i6D,8D,9D,10D,11D. The average molecular weight is 589 g/mol. The fraction of sp³-hybridized carbons (Fsp3) is 0.630. The molecule has 2 rings (SSSR count). The molecular weight excluding hydrogens is 542 g/mol. The molecule has 12 nitrogen and oxygen atoms in total. The fourth-order valence-electron chi connectivity index (χ4n) is 4.13. The van der Waals surface area contributed by atoms with Gasteiger partial charge in [0.05, 0.1) is 12.9 Å². The van der Waals surface area contributed by atoms with Gasteiger partial charge >= 0.3 is 22.2 Å². The van der Waals surface area contributed by atoms with Gasteiger partial charge in [-0.25, -0.2) is 4.79 Å². The third kappa shape index (κ3) is 11.5. The van der Waals surface area contributed by atoms with Crippen LogP contribution in [0.5, 0.6) is 0 Å².